The molecule has 0 spiro atoms. The van der Waals surface area contributed by atoms with Crippen molar-refractivity contribution in [1.82, 2.24) is 4.98 Å². The van der Waals surface area contributed by atoms with Crippen molar-refractivity contribution in [2.45, 2.75) is 12.5 Å². The fourth-order valence-electron chi connectivity index (χ4n) is 0.794. The first-order valence-corrected chi connectivity index (χ1v) is 3.39. The van der Waals surface area contributed by atoms with E-state index in [4.69, 9.17) is 0 Å². The molecule has 0 aliphatic heterocycles. The minimum Gasteiger partial charge on any atom is -0.547 e. The predicted molar refractivity (Wildman–Crippen MR) is 38.8 cm³/mol. The van der Waals surface area contributed by atoms with Gasteiger partial charge in [-0.2, -0.15) is 0 Å². The quantitative estimate of drug-likeness (QED) is 0.482. The third-order valence-corrected chi connectivity index (χ3v) is 1.64. The van der Waals surface area contributed by atoms with Crippen molar-refractivity contribution in [3.8, 4) is 0 Å². The van der Waals surface area contributed by atoms with Crippen molar-refractivity contribution in [3.05, 3.63) is 30.1 Å². The summed E-state index contributed by atoms with van der Waals surface area (Å²) in [4.78, 5) is 14.1. The molecule has 0 saturated carbocycles. The van der Waals surface area contributed by atoms with Gasteiger partial charge < -0.3 is 15.0 Å². The first-order valence-electron chi connectivity index (χ1n) is 3.39. The zero-order chi connectivity index (χ0) is 9.19. The fraction of sp³-hybridized carbons (Fsp3) is 0.250. The number of nitrogens with zero attached hydrogens (tertiary/aromatic N) is 1. The van der Waals surface area contributed by atoms with Crippen LogP contribution in [0, 0.1) is 0 Å². The van der Waals surface area contributed by atoms with Crippen LogP contribution < -0.4 is 34.7 Å². The number of rotatable bonds is 2. The molecule has 1 heterocycles. The number of pyridine rings is 1. The number of carbonyl (C=O) groups is 1. The summed E-state index contributed by atoms with van der Waals surface area (Å²) in [5.74, 6) is -1.52. The largest absolute Gasteiger partial charge is 1.00 e. The molecule has 1 atom stereocenters. The molecule has 0 amide bonds. The standard InChI is InChI=1S/C8H9NO3.Na/c1-8(12,7(10)11)6-2-4-9-5-3-6;/h2-5,12H,1H3,(H,10,11);/q;+1/p-1. The molecule has 0 bridgehead atoms. The summed E-state index contributed by atoms with van der Waals surface area (Å²) >= 11 is 0. The van der Waals surface area contributed by atoms with Gasteiger partial charge in [0.15, 0.2) is 0 Å². The van der Waals surface area contributed by atoms with Crippen LogP contribution in [0.2, 0.25) is 0 Å². The summed E-state index contributed by atoms with van der Waals surface area (Å²) in [6.07, 6.45) is 2.82. The Balaban J connectivity index is 0.00000144. The molecule has 4 nitrogen and oxygen atoms in total. The zero-order valence-electron chi connectivity index (χ0n) is 7.52. The molecule has 0 aromatic carbocycles. The molecule has 13 heavy (non-hydrogen) atoms. The van der Waals surface area contributed by atoms with E-state index in [1.54, 1.807) is 0 Å². The number of aliphatic hydroxyl groups is 1. The molecule has 0 saturated heterocycles. The smallest absolute Gasteiger partial charge is 0.547 e. The van der Waals surface area contributed by atoms with E-state index in [-0.39, 0.29) is 35.1 Å². The molecular weight excluding hydrogens is 181 g/mol. The van der Waals surface area contributed by atoms with E-state index in [0.717, 1.165) is 6.92 Å². The molecule has 0 aliphatic rings. The summed E-state index contributed by atoms with van der Waals surface area (Å²) in [5, 5.41) is 19.8. The Labute approximate surface area is 97.9 Å². The monoisotopic (exact) mass is 189 g/mol. The number of hydrogen-bond acceptors (Lipinski definition) is 4. The van der Waals surface area contributed by atoms with Crippen LogP contribution in [-0.2, 0) is 10.4 Å². The summed E-state index contributed by atoms with van der Waals surface area (Å²) in [6, 6.07) is 2.85. The molecule has 1 N–H and O–H groups in total. The summed E-state index contributed by atoms with van der Waals surface area (Å²) in [6.45, 7) is 1.16. The van der Waals surface area contributed by atoms with Crippen molar-refractivity contribution in [1.29, 1.82) is 0 Å². The first-order chi connectivity index (χ1) is 5.55. The molecular formula is C8H8NNaO3. The van der Waals surface area contributed by atoms with E-state index in [1.807, 2.05) is 0 Å². The van der Waals surface area contributed by atoms with Gasteiger partial charge in [0.1, 0.15) is 5.60 Å². The van der Waals surface area contributed by atoms with Crippen LogP contribution in [-0.4, -0.2) is 16.1 Å². The predicted octanol–water partition coefficient (Wildman–Crippen LogP) is -3.96. The zero-order valence-corrected chi connectivity index (χ0v) is 9.52. The maximum absolute atomic E-state index is 10.4. The molecule has 1 aromatic rings. The second kappa shape index (κ2) is 4.72. The number of hydrogen-bond donors (Lipinski definition) is 1. The van der Waals surface area contributed by atoms with Gasteiger partial charge in [-0.3, -0.25) is 4.98 Å². The van der Waals surface area contributed by atoms with Crippen LogP contribution in [0.5, 0.6) is 0 Å². The molecule has 1 unspecified atom stereocenters. The number of carboxylic acids is 1. The summed E-state index contributed by atoms with van der Waals surface area (Å²) < 4.78 is 0. The Morgan fingerprint density at radius 1 is 1.54 bits per heavy atom. The topological polar surface area (TPSA) is 73.2 Å². The fourth-order valence-corrected chi connectivity index (χ4v) is 0.794. The van der Waals surface area contributed by atoms with Crippen LogP contribution in [0.4, 0.5) is 0 Å². The second-order valence-electron chi connectivity index (χ2n) is 2.60. The van der Waals surface area contributed by atoms with E-state index in [2.05, 4.69) is 4.98 Å². The van der Waals surface area contributed by atoms with E-state index >= 15 is 0 Å². The van der Waals surface area contributed by atoms with E-state index in [9.17, 15) is 15.0 Å². The van der Waals surface area contributed by atoms with E-state index in [1.165, 1.54) is 24.5 Å². The van der Waals surface area contributed by atoms with Crippen LogP contribution in [0.3, 0.4) is 0 Å². The van der Waals surface area contributed by atoms with Gasteiger partial charge >= 0.3 is 29.6 Å². The summed E-state index contributed by atoms with van der Waals surface area (Å²) in [7, 11) is 0. The van der Waals surface area contributed by atoms with Crippen molar-refractivity contribution in [2.75, 3.05) is 0 Å². The third-order valence-electron chi connectivity index (χ3n) is 1.64. The molecule has 64 valence electrons. The van der Waals surface area contributed by atoms with Crippen LogP contribution in [0.15, 0.2) is 24.5 Å². The molecule has 0 fully saturated rings. The Kier molecular flexibility index (Phi) is 4.56. The minimum absolute atomic E-state index is 0. The normalized spacial score (nSPS) is 14.0. The maximum Gasteiger partial charge on any atom is 1.00 e. The van der Waals surface area contributed by atoms with Gasteiger partial charge in [0.05, 0.1) is 5.97 Å². The Hall–Kier alpha value is -0.420. The van der Waals surface area contributed by atoms with Crippen molar-refractivity contribution in [3.63, 3.8) is 0 Å². The SMILES string of the molecule is CC(O)(C(=O)[O-])c1ccncc1.[Na+]. The van der Waals surface area contributed by atoms with Gasteiger partial charge in [0, 0.05) is 12.4 Å². The molecule has 0 aliphatic carbocycles. The number of carbonyl (C=O) groups excluding carboxylic acids is 1. The molecule has 5 heteroatoms. The minimum atomic E-state index is -1.94. The number of carboxylic acid groups (broad SMARTS) is 1. The van der Waals surface area contributed by atoms with Crippen LogP contribution in [0.25, 0.3) is 0 Å². The Morgan fingerprint density at radius 2 is 2.00 bits per heavy atom. The Bertz CT molecular complexity index is 287. The van der Waals surface area contributed by atoms with Crippen molar-refractivity contribution >= 4 is 5.97 Å². The van der Waals surface area contributed by atoms with Gasteiger partial charge in [-0.05, 0) is 24.6 Å². The van der Waals surface area contributed by atoms with Gasteiger partial charge in [-0.25, -0.2) is 0 Å². The molecule has 1 rings (SSSR count). The van der Waals surface area contributed by atoms with Crippen LogP contribution >= 0.6 is 0 Å². The van der Waals surface area contributed by atoms with Crippen LogP contribution in [0.1, 0.15) is 12.5 Å². The number of aliphatic carboxylic acids is 1. The second-order valence-corrected chi connectivity index (χ2v) is 2.60. The average molecular weight is 189 g/mol. The van der Waals surface area contributed by atoms with Gasteiger partial charge in [-0.1, -0.05) is 0 Å². The van der Waals surface area contributed by atoms with E-state index < -0.39 is 11.6 Å². The Morgan fingerprint density at radius 3 is 2.38 bits per heavy atom. The van der Waals surface area contributed by atoms with Gasteiger partial charge in [-0.15, -0.1) is 0 Å². The molecule has 1 aromatic heterocycles. The molecule has 0 radical (unpaired) electrons. The first kappa shape index (κ1) is 12.6. The number of aromatic nitrogens is 1. The van der Waals surface area contributed by atoms with Gasteiger partial charge in [0.2, 0.25) is 0 Å². The maximum atomic E-state index is 10.4. The average Bonchev–Trinajstić information content (AvgIpc) is 2.06. The van der Waals surface area contributed by atoms with Crippen molar-refractivity contribution < 1.29 is 44.6 Å². The third kappa shape index (κ3) is 2.77. The van der Waals surface area contributed by atoms with E-state index in [0.29, 0.717) is 0 Å². The summed E-state index contributed by atoms with van der Waals surface area (Å²) in [5.41, 5.74) is -1.68. The van der Waals surface area contributed by atoms with Gasteiger partial charge in [0.25, 0.3) is 0 Å². The van der Waals surface area contributed by atoms with Crippen molar-refractivity contribution in [2.24, 2.45) is 0 Å².